The van der Waals surface area contributed by atoms with Gasteiger partial charge in [0, 0.05) is 32.1 Å². The number of halogens is 1. The number of anilines is 1. The number of hydrogen-bond donors (Lipinski definition) is 0. The van der Waals surface area contributed by atoms with Gasteiger partial charge < -0.3 is 9.64 Å². The zero-order valence-corrected chi connectivity index (χ0v) is 18.4. The smallest absolute Gasteiger partial charge is 0.142 e. The maximum atomic E-state index is 5.55. The number of hydrogen-bond acceptors (Lipinski definition) is 3. The first kappa shape index (κ1) is 22.2. The fraction of sp³-hybridized carbons (Fsp3) is 0.308. The molecule has 4 heteroatoms. The lowest BCUT2D eigenvalue weighted by Crippen LogP contribution is -2.46. The van der Waals surface area contributed by atoms with Crippen molar-refractivity contribution >= 4 is 18.1 Å². The minimum atomic E-state index is 0. The predicted octanol–water partition coefficient (Wildman–Crippen LogP) is 5.46. The van der Waals surface area contributed by atoms with E-state index < -0.39 is 0 Å². The molecule has 3 aromatic rings. The lowest BCUT2D eigenvalue weighted by molar-refractivity contribution is 0.250. The van der Waals surface area contributed by atoms with Crippen LogP contribution in [0, 0.1) is 0 Å². The van der Waals surface area contributed by atoms with E-state index >= 15 is 0 Å². The Morgan fingerprint density at radius 2 is 1.27 bits per heavy atom. The molecule has 0 spiro atoms. The van der Waals surface area contributed by atoms with Gasteiger partial charge in [-0.15, -0.1) is 12.4 Å². The maximum Gasteiger partial charge on any atom is 0.142 e. The summed E-state index contributed by atoms with van der Waals surface area (Å²) < 4.78 is 5.55. The van der Waals surface area contributed by atoms with Crippen LogP contribution in [0.2, 0.25) is 0 Å². The second kappa shape index (κ2) is 11.1. The highest BCUT2D eigenvalue weighted by Crippen LogP contribution is 2.30. The van der Waals surface area contributed by atoms with Crippen molar-refractivity contribution < 1.29 is 4.74 Å². The lowest BCUT2D eigenvalue weighted by atomic mass is 9.88. The van der Waals surface area contributed by atoms with Gasteiger partial charge in [-0.05, 0) is 36.2 Å². The first-order chi connectivity index (χ1) is 14.3. The summed E-state index contributed by atoms with van der Waals surface area (Å²) in [5.41, 5.74) is 4.03. The van der Waals surface area contributed by atoms with Crippen molar-refractivity contribution in [1.29, 1.82) is 0 Å². The summed E-state index contributed by atoms with van der Waals surface area (Å²) in [6, 6.07) is 30.2. The molecule has 0 aromatic heterocycles. The first-order valence-electron chi connectivity index (χ1n) is 10.6. The zero-order valence-electron chi connectivity index (χ0n) is 17.6. The Hall–Kier alpha value is -2.49. The highest BCUT2D eigenvalue weighted by atomic mass is 35.5. The zero-order chi connectivity index (χ0) is 19.9. The molecule has 0 N–H and O–H groups in total. The number of rotatable bonds is 7. The van der Waals surface area contributed by atoms with Gasteiger partial charge in [0.2, 0.25) is 0 Å². The number of nitrogens with zero attached hydrogens (tertiary/aromatic N) is 2. The van der Waals surface area contributed by atoms with E-state index in [1.54, 1.807) is 7.11 Å². The molecule has 4 rings (SSSR count). The predicted molar refractivity (Wildman–Crippen MR) is 128 cm³/mol. The number of para-hydroxylation sites is 2. The molecule has 0 atom stereocenters. The quantitative estimate of drug-likeness (QED) is 0.502. The molecule has 1 saturated heterocycles. The minimum absolute atomic E-state index is 0. The van der Waals surface area contributed by atoms with Gasteiger partial charge in [0.05, 0.1) is 12.8 Å². The third-order valence-corrected chi connectivity index (χ3v) is 5.94. The first-order valence-corrected chi connectivity index (χ1v) is 10.6. The van der Waals surface area contributed by atoms with Gasteiger partial charge >= 0.3 is 0 Å². The van der Waals surface area contributed by atoms with Crippen molar-refractivity contribution in [2.24, 2.45) is 0 Å². The van der Waals surface area contributed by atoms with E-state index in [0.717, 1.165) is 44.9 Å². The summed E-state index contributed by atoms with van der Waals surface area (Å²) in [6.45, 7) is 5.39. The van der Waals surface area contributed by atoms with Crippen molar-refractivity contribution in [2.75, 3.05) is 44.7 Å². The van der Waals surface area contributed by atoms with Gasteiger partial charge in [-0.3, -0.25) is 4.90 Å². The van der Waals surface area contributed by atoms with Crippen LogP contribution in [0.3, 0.4) is 0 Å². The summed E-state index contributed by atoms with van der Waals surface area (Å²) in [6.07, 6.45) is 1.14. The SMILES string of the molecule is COc1ccccc1N1CCN(CCC(c2ccccc2)c2ccccc2)CC1.Cl. The van der Waals surface area contributed by atoms with Crippen LogP contribution in [0.5, 0.6) is 5.75 Å². The molecule has 1 aliphatic heterocycles. The van der Waals surface area contributed by atoms with Crippen LogP contribution >= 0.6 is 12.4 Å². The molecule has 0 radical (unpaired) electrons. The van der Waals surface area contributed by atoms with E-state index in [0.29, 0.717) is 5.92 Å². The summed E-state index contributed by atoms with van der Waals surface area (Å²) in [4.78, 5) is 5.05. The summed E-state index contributed by atoms with van der Waals surface area (Å²) >= 11 is 0. The Balaban J connectivity index is 0.00000256. The summed E-state index contributed by atoms with van der Waals surface area (Å²) in [5, 5.41) is 0. The van der Waals surface area contributed by atoms with Crippen LogP contribution in [0.4, 0.5) is 5.69 Å². The molecular formula is C26H31ClN2O. The fourth-order valence-corrected chi connectivity index (χ4v) is 4.31. The molecule has 30 heavy (non-hydrogen) atoms. The van der Waals surface area contributed by atoms with Crippen molar-refractivity contribution in [3.8, 4) is 5.75 Å². The Labute approximate surface area is 186 Å². The topological polar surface area (TPSA) is 15.7 Å². The van der Waals surface area contributed by atoms with Crippen molar-refractivity contribution in [2.45, 2.75) is 12.3 Å². The van der Waals surface area contributed by atoms with Gasteiger partial charge in [0.1, 0.15) is 5.75 Å². The molecule has 0 saturated carbocycles. The standard InChI is InChI=1S/C26H30N2O.ClH/c1-29-26-15-9-8-14-25(26)28-20-18-27(19-21-28)17-16-24(22-10-4-2-5-11-22)23-12-6-3-7-13-23;/h2-15,24H,16-21H2,1H3;1H. The van der Waals surface area contributed by atoms with Crippen molar-refractivity contribution in [1.82, 2.24) is 4.90 Å². The number of methoxy groups -OCH3 is 1. The van der Waals surface area contributed by atoms with Crippen LogP contribution in [0.1, 0.15) is 23.5 Å². The van der Waals surface area contributed by atoms with Crippen molar-refractivity contribution in [3.05, 3.63) is 96.1 Å². The van der Waals surface area contributed by atoms with Gasteiger partial charge in [-0.25, -0.2) is 0 Å². The Kier molecular flexibility index (Phi) is 8.18. The largest absolute Gasteiger partial charge is 0.495 e. The second-order valence-electron chi connectivity index (χ2n) is 7.66. The van der Waals surface area contributed by atoms with Gasteiger partial charge in [-0.1, -0.05) is 72.8 Å². The summed E-state index contributed by atoms with van der Waals surface area (Å²) in [5.74, 6) is 1.42. The Morgan fingerprint density at radius 1 is 0.733 bits per heavy atom. The maximum absolute atomic E-state index is 5.55. The third kappa shape index (κ3) is 5.35. The van der Waals surface area contributed by atoms with Crippen LogP contribution < -0.4 is 9.64 Å². The van der Waals surface area contributed by atoms with Gasteiger partial charge in [-0.2, -0.15) is 0 Å². The molecule has 158 valence electrons. The van der Waals surface area contributed by atoms with Crippen LogP contribution in [-0.4, -0.2) is 44.7 Å². The third-order valence-electron chi connectivity index (χ3n) is 5.94. The van der Waals surface area contributed by atoms with E-state index in [-0.39, 0.29) is 12.4 Å². The molecule has 1 fully saturated rings. The molecule has 0 bridgehead atoms. The van der Waals surface area contributed by atoms with E-state index in [1.807, 2.05) is 12.1 Å². The number of piperazine rings is 1. The molecule has 1 aliphatic rings. The highest BCUT2D eigenvalue weighted by Gasteiger charge is 2.21. The van der Waals surface area contributed by atoms with E-state index in [4.69, 9.17) is 4.74 Å². The molecule has 1 heterocycles. The van der Waals surface area contributed by atoms with Gasteiger partial charge in [0.25, 0.3) is 0 Å². The molecule has 0 amide bonds. The number of benzene rings is 3. The lowest BCUT2D eigenvalue weighted by Gasteiger charge is -2.37. The fourth-order valence-electron chi connectivity index (χ4n) is 4.31. The Bertz CT molecular complexity index is 840. The summed E-state index contributed by atoms with van der Waals surface area (Å²) in [7, 11) is 1.75. The van der Waals surface area contributed by atoms with E-state index in [2.05, 4.69) is 82.6 Å². The molecule has 3 nitrogen and oxygen atoms in total. The van der Waals surface area contributed by atoms with E-state index in [9.17, 15) is 0 Å². The Morgan fingerprint density at radius 3 is 1.83 bits per heavy atom. The molecule has 3 aromatic carbocycles. The average Bonchev–Trinajstić information content (AvgIpc) is 2.81. The van der Waals surface area contributed by atoms with Crippen LogP contribution in [-0.2, 0) is 0 Å². The van der Waals surface area contributed by atoms with E-state index in [1.165, 1.54) is 16.8 Å². The number of ether oxygens (including phenoxy) is 1. The molecule has 0 unspecified atom stereocenters. The van der Waals surface area contributed by atoms with Crippen molar-refractivity contribution in [3.63, 3.8) is 0 Å². The minimum Gasteiger partial charge on any atom is -0.495 e. The molecular weight excluding hydrogens is 392 g/mol. The average molecular weight is 423 g/mol. The monoisotopic (exact) mass is 422 g/mol. The molecule has 0 aliphatic carbocycles. The van der Waals surface area contributed by atoms with Crippen LogP contribution in [0.25, 0.3) is 0 Å². The normalized spacial score (nSPS) is 14.4. The van der Waals surface area contributed by atoms with Crippen LogP contribution in [0.15, 0.2) is 84.9 Å². The second-order valence-corrected chi connectivity index (χ2v) is 7.66. The van der Waals surface area contributed by atoms with Gasteiger partial charge in [0.15, 0.2) is 0 Å². The highest BCUT2D eigenvalue weighted by molar-refractivity contribution is 5.85.